The lowest BCUT2D eigenvalue weighted by Crippen LogP contribution is -2.64. The molecule has 280 valence electrons. The maximum absolute atomic E-state index is 13.6. The number of aromatic nitrogens is 1. The van der Waals surface area contributed by atoms with Gasteiger partial charge in [-0.3, -0.25) is 19.3 Å². The molecule has 2 atom stereocenters. The fourth-order valence-electron chi connectivity index (χ4n) is 6.38. The van der Waals surface area contributed by atoms with Gasteiger partial charge >= 0.3 is 5.97 Å². The first-order valence-electron chi connectivity index (χ1n) is 16.1. The topological polar surface area (TPSA) is 245 Å². The molecule has 0 saturated carbocycles. The van der Waals surface area contributed by atoms with E-state index in [-0.39, 0.29) is 63.1 Å². The molecule has 3 aliphatic rings. The molecule has 2 amide bonds. The van der Waals surface area contributed by atoms with E-state index in [0.717, 1.165) is 41.6 Å². The number of rotatable bonds is 14. The predicted molar refractivity (Wildman–Crippen MR) is 190 cm³/mol. The van der Waals surface area contributed by atoms with Crippen molar-refractivity contribution in [1.82, 2.24) is 15.2 Å². The number of anilines is 1. The largest absolute Gasteiger partial charge is 0.543 e. The van der Waals surface area contributed by atoms with Crippen LogP contribution in [0.4, 0.5) is 5.13 Å². The van der Waals surface area contributed by atoms with Gasteiger partial charge in [0.25, 0.3) is 5.91 Å². The number of amides is 2. The number of phenolic OH excluding ortho intramolecular Hbond substituents is 2. The molecule has 0 unspecified atom stereocenters. The highest BCUT2D eigenvalue weighted by Crippen LogP contribution is 2.46. The first-order valence-corrected chi connectivity index (χ1v) is 18.8. The number of hydrogen-bond donors (Lipinski definition) is 5. The molecular weight excluding hydrogens is 763 g/mol. The van der Waals surface area contributed by atoms with E-state index in [0.29, 0.717) is 29.7 Å². The van der Waals surface area contributed by atoms with E-state index >= 15 is 0 Å². The van der Waals surface area contributed by atoms with Gasteiger partial charge in [-0.2, -0.15) is 0 Å². The van der Waals surface area contributed by atoms with E-state index in [1.165, 1.54) is 31.0 Å². The molecule has 6 N–H and O–H groups in total. The molecular formula is C32H36Cl2N6O10S2. The number of piperidine rings is 1. The van der Waals surface area contributed by atoms with Gasteiger partial charge in [0.15, 0.2) is 28.1 Å². The van der Waals surface area contributed by atoms with Crippen molar-refractivity contribution in [3.63, 3.8) is 0 Å². The lowest BCUT2D eigenvalue weighted by atomic mass is 9.89. The number of thiazole rings is 1. The number of hydrogen-bond acceptors (Lipinski definition) is 14. The second-order valence-corrected chi connectivity index (χ2v) is 16.0. The Labute approximate surface area is 315 Å². The normalized spacial score (nSPS) is 20.2. The summed E-state index contributed by atoms with van der Waals surface area (Å²) in [5.41, 5.74) is 3.82. The third-order valence-corrected chi connectivity index (χ3v) is 12.0. The number of aliphatic carboxylic acids is 2. The summed E-state index contributed by atoms with van der Waals surface area (Å²) in [7, 11) is 0. The van der Waals surface area contributed by atoms with E-state index in [1.807, 2.05) is 0 Å². The molecule has 1 aromatic carbocycles. The molecule has 2 saturated heterocycles. The molecule has 20 heteroatoms. The number of likely N-dealkylation sites (tertiary alicyclic amines) is 1. The number of halogens is 2. The monoisotopic (exact) mass is 798 g/mol. The summed E-state index contributed by atoms with van der Waals surface area (Å²) in [5.74, 6) is -6.75. The third kappa shape index (κ3) is 7.95. The Morgan fingerprint density at radius 2 is 1.88 bits per heavy atom. The number of carboxylic acid groups (broad SMARTS) is 2. The van der Waals surface area contributed by atoms with E-state index in [2.05, 4.69) is 15.5 Å². The number of thioether (sulfide) groups is 1. The van der Waals surface area contributed by atoms with Gasteiger partial charge < -0.3 is 45.6 Å². The number of oxime groups is 1. The van der Waals surface area contributed by atoms with Crippen LogP contribution in [0.15, 0.2) is 27.9 Å². The summed E-state index contributed by atoms with van der Waals surface area (Å²) in [4.78, 5) is 74.6. The fraction of sp³-hybridized carbons (Fsp3) is 0.469. The number of ketones is 1. The lowest BCUT2D eigenvalue weighted by molar-refractivity contribution is -0.927. The number of β-lactam (4-membered cyclic amide) rings is 1. The number of nitrogens with one attached hydrogen (secondary N) is 1. The predicted octanol–water partition coefficient (Wildman–Crippen LogP) is 1.95. The van der Waals surface area contributed by atoms with E-state index < -0.39 is 57.9 Å². The van der Waals surface area contributed by atoms with Crippen molar-refractivity contribution in [1.29, 1.82) is 0 Å². The van der Waals surface area contributed by atoms with Gasteiger partial charge in [0.1, 0.15) is 12.2 Å². The quantitative estimate of drug-likeness (QED) is 0.0604. The van der Waals surface area contributed by atoms with Crippen molar-refractivity contribution < 1.29 is 53.7 Å². The van der Waals surface area contributed by atoms with Crippen LogP contribution in [0.2, 0.25) is 10.0 Å². The molecule has 16 nitrogen and oxygen atoms in total. The Morgan fingerprint density at radius 1 is 1.19 bits per heavy atom. The molecule has 4 heterocycles. The van der Waals surface area contributed by atoms with Gasteiger partial charge in [-0.25, -0.2) is 9.78 Å². The summed E-state index contributed by atoms with van der Waals surface area (Å²) in [6.45, 7) is 4.72. The van der Waals surface area contributed by atoms with E-state index in [1.54, 1.807) is 0 Å². The van der Waals surface area contributed by atoms with Gasteiger partial charge in [0.2, 0.25) is 11.5 Å². The van der Waals surface area contributed by atoms with Crippen LogP contribution >= 0.6 is 46.3 Å². The minimum absolute atomic E-state index is 0.0473. The summed E-state index contributed by atoms with van der Waals surface area (Å²) in [5, 5.41) is 48.7. The van der Waals surface area contributed by atoms with E-state index in [9.17, 15) is 44.4 Å². The molecule has 5 rings (SSSR count). The van der Waals surface area contributed by atoms with Gasteiger partial charge in [0.05, 0.1) is 64.7 Å². The minimum Gasteiger partial charge on any atom is -0.543 e. The maximum atomic E-state index is 13.6. The highest BCUT2D eigenvalue weighted by molar-refractivity contribution is 8.00. The summed E-state index contributed by atoms with van der Waals surface area (Å²) < 4.78 is 0.431. The van der Waals surface area contributed by atoms with Crippen LogP contribution in [-0.2, 0) is 24.0 Å². The number of nitrogens with zero attached hydrogens (tertiary/aromatic N) is 4. The zero-order valence-electron chi connectivity index (χ0n) is 28.0. The van der Waals surface area contributed by atoms with Crippen molar-refractivity contribution in [3.05, 3.63) is 44.0 Å². The average Bonchev–Trinajstić information content (AvgIpc) is 3.53. The summed E-state index contributed by atoms with van der Waals surface area (Å²) in [6, 6.07) is 1.15. The molecule has 52 heavy (non-hydrogen) atoms. The first kappa shape index (κ1) is 39.1. The SMILES string of the molecule is CC(C)(O/N=C(/C(=O)C[C@@H]1C(=O)N2C(C(=O)[O-])=C(C[N+]3(CCNC(=O)c4cc(Cl)c(O)c(O)c4Cl)CCCCC3)CS[C@H]12)c1csc(N)n1)C(=O)O. The van der Waals surface area contributed by atoms with Crippen molar-refractivity contribution in [3.8, 4) is 11.5 Å². The number of fused-ring (bicyclic) bond motifs is 1. The minimum atomic E-state index is -1.78. The van der Waals surface area contributed by atoms with Crippen LogP contribution in [0.3, 0.4) is 0 Å². The number of nitrogens with two attached hydrogens (primary N) is 1. The molecule has 0 radical (unpaired) electrons. The molecule has 3 aliphatic heterocycles. The lowest BCUT2D eigenvalue weighted by Gasteiger charge is -2.52. The summed E-state index contributed by atoms with van der Waals surface area (Å²) >= 11 is 14.3. The van der Waals surface area contributed by atoms with Crippen LogP contribution < -0.4 is 16.2 Å². The maximum Gasteiger partial charge on any atom is 0.350 e. The number of carboxylic acids is 2. The second-order valence-electron chi connectivity index (χ2n) is 13.2. The van der Waals surface area contributed by atoms with Crippen LogP contribution in [0.5, 0.6) is 11.5 Å². The Kier molecular flexibility index (Phi) is 11.6. The van der Waals surface area contributed by atoms with Gasteiger partial charge in [-0.1, -0.05) is 28.4 Å². The van der Waals surface area contributed by atoms with Gasteiger partial charge in [-0.15, -0.1) is 23.1 Å². The fourth-order valence-corrected chi connectivity index (χ4v) is 8.76. The zero-order chi connectivity index (χ0) is 38.1. The smallest absolute Gasteiger partial charge is 0.350 e. The number of benzene rings is 1. The van der Waals surface area contributed by atoms with Gasteiger partial charge in [-0.05, 0) is 39.2 Å². The number of quaternary nitrogens is 1. The Hall–Kier alpha value is -4.10. The van der Waals surface area contributed by atoms with E-state index in [4.69, 9.17) is 33.8 Å². The third-order valence-electron chi connectivity index (χ3n) is 9.24. The van der Waals surface area contributed by atoms with Crippen molar-refractivity contribution >= 4 is 86.7 Å². The van der Waals surface area contributed by atoms with Crippen molar-refractivity contribution in [2.24, 2.45) is 11.1 Å². The Balaban J connectivity index is 1.31. The number of carbonyl (C=O) groups excluding carboxylic acids is 4. The number of aromatic hydroxyl groups is 2. The molecule has 0 bridgehead atoms. The van der Waals surface area contributed by atoms with Crippen molar-refractivity contribution in [2.45, 2.75) is 50.5 Å². The van der Waals surface area contributed by atoms with Crippen molar-refractivity contribution in [2.75, 3.05) is 44.2 Å². The Morgan fingerprint density at radius 3 is 2.50 bits per heavy atom. The average molecular weight is 800 g/mol. The molecule has 2 aromatic rings. The molecule has 0 aliphatic carbocycles. The van der Waals surface area contributed by atoms with Crippen LogP contribution in [0.25, 0.3) is 0 Å². The molecule has 2 fully saturated rings. The number of nitrogen functional groups attached to an aromatic ring is 1. The highest BCUT2D eigenvalue weighted by Gasteiger charge is 2.53. The van der Waals surface area contributed by atoms with Crippen LogP contribution in [0, 0.1) is 5.92 Å². The second kappa shape index (κ2) is 15.5. The number of phenols is 2. The van der Waals surface area contributed by atoms with Crippen LogP contribution in [0.1, 0.15) is 55.6 Å². The number of carbonyl (C=O) groups is 5. The zero-order valence-corrected chi connectivity index (χ0v) is 31.2. The standard InChI is InChI=1S/C32H36Cl2N6O10S2/c1-32(2,30(48)49)50-38-22(19-14-52-31(35)37-19)20(41)11-17-27(45)39-23(29(46)47)15(13-51-28(17)39)12-40(7-4-3-5-8-40)9-6-36-26(44)16-10-18(33)24(42)25(43)21(16)34/h10,14,17,28H,3-9,11-13H2,1-2H3,(H6-,35,36,37,38,41,42,43,44,46,47,48,49)/t17-,28-/m1/s1. The molecule has 0 spiro atoms. The van der Waals surface area contributed by atoms with Gasteiger partial charge in [0, 0.05) is 23.1 Å². The number of Topliss-reactive ketones (excluding diaryl/α,β-unsaturated/α-hetero) is 1. The Bertz CT molecular complexity index is 1880. The summed E-state index contributed by atoms with van der Waals surface area (Å²) in [6.07, 6.45) is 2.33. The van der Waals surface area contributed by atoms with Crippen LogP contribution in [-0.4, -0.2) is 114 Å². The molecule has 1 aromatic heterocycles. The first-order chi connectivity index (χ1) is 24.5. The highest BCUT2D eigenvalue weighted by atomic mass is 35.5.